The van der Waals surface area contributed by atoms with Crippen molar-refractivity contribution in [2.24, 2.45) is 0 Å². The van der Waals surface area contributed by atoms with Gasteiger partial charge in [-0.3, -0.25) is 0 Å². The number of hydrogen-bond acceptors (Lipinski definition) is 1. The molecule has 0 aliphatic heterocycles. The minimum atomic E-state index is -4.40. The van der Waals surface area contributed by atoms with Crippen LogP contribution < -0.4 is 5.32 Å². The van der Waals surface area contributed by atoms with Gasteiger partial charge in [-0.1, -0.05) is 24.3 Å². The zero-order valence-corrected chi connectivity index (χ0v) is 11.6. The maximum absolute atomic E-state index is 13.7. The van der Waals surface area contributed by atoms with Gasteiger partial charge in [0.15, 0.2) is 0 Å². The van der Waals surface area contributed by atoms with Crippen LogP contribution in [0.25, 0.3) is 0 Å². The van der Waals surface area contributed by atoms with Crippen molar-refractivity contribution in [2.75, 3.05) is 5.32 Å². The Kier molecular flexibility index (Phi) is 4.21. The number of hydrogen-bond donors (Lipinski definition) is 1. The van der Waals surface area contributed by atoms with Crippen molar-refractivity contribution < 1.29 is 17.6 Å². The molecule has 1 unspecified atom stereocenters. The number of benzene rings is 2. The van der Waals surface area contributed by atoms with Gasteiger partial charge in [0.05, 0.1) is 11.6 Å². The van der Waals surface area contributed by atoms with E-state index in [0.717, 1.165) is 6.07 Å². The number of rotatable bonds is 3. The minimum Gasteiger partial charge on any atom is -0.378 e. The summed E-state index contributed by atoms with van der Waals surface area (Å²) in [7, 11) is 0. The van der Waals surface area contributed by atoms with Crippen LogP contribution in [0.2, 0.25) is 0 Å². The van der Waals surface area contributed by atoms with Gasteiger partial charge < -0.3 is 5.32 Å². The molecule has 0 saturated carbocycles. The second-order valence-corrected chi connectivity index (χ2v) is 4.91. The fourth-order valence-electron chi connectivity index (χ4n) is 2.17. The highest BCUT2D eigenvalue weighted by molar-refractivity contribution is 5.51. The highest BCUT2D eigenvalue weighted by Crippen LogP contribution is 2.34. The topological polar surface area (TPSA) is 12.0 Å². The molecule has 21 heavy (non-hydrogen) atoms. The van der Waals surface area contributed by atoms with E-state index in [1.54, 1.807) is 31.2 Å². The van der Waals surface area contributed by atoms with E-state index in [9.17, 15) is 17.6 Å². The summed E-state index contributed by atoms with van der Waals surface area (Å²) in [6.45, 7) is 3.11. The van der Waals surface area contributed by atoms with Crippen molar-refractivity contribution in [3.8, 4) is 0 Å². The summed E-state index contributed by atoms with van der Waals surface area (Å²) in [6, 6.07) is 9.75. The van der Waals surface area contributed by atoms with Crippen LogP contribution in [0.1, 0.15) is 29.7 Å². The molecule has 1 nitrogen and oxygen atoms in total. The molecule has 1 N–H and O–H groups in total. The number of aryl methyl sites for hydroxylation is 1. The first-order chi connectivity index (χ1) is 9.79. The van der Waals surface area contributed by atoms with Crippen LogP contribution in [0.15, 0.2) is 42.5 Å². The quantitative estimate of drug-likeness (QED) is 0.755. The molecule has 2 aromatic rings. The van der Waals surface area contributed by atoms with Gasteiger partial charge in [-0.25, -0.2) is 4.39 Å². The Bertz CT molecular complexity index is 634. The van der Waals surface area contributed by atoms with Crippen molar-refractivity contribution in [2.45, 2.75) is 26.1 Å². The average molecular weight is 297 g/mol. The lowest BCUT2D eigenvalue weighted by atomic mass is 10.1. The summed E-state index contributed by atoms with van der Waals surface area (Å²) in [6.07, 6.45) is -4.40. The number of alkyl halides is 3. The standard InChI is InChI=1S/C16H15F4N/c1-10-7-8-12(9-14(10)16(18,19)20)21-11(2)13-5-3-4-6-15(13)17/h3-9,11,21H,1-2H3. The second-order valence-electron chi connectivity index (χ2n) is 4.91. The lowest BCUT2D eigenvalue weighted by Gasteiger charge is -2.18. The summed E-state index contributed by atoms with van der Waals surface area (Å²) < 4.78 is 52.3. The van der Waals surface area contributed by atoms with Crippen LogP contribution >= 0.6 is 0 Å². The molecule has 0 heterocycles. The Labute approximate surface area is 120 Å². The molecule has 0 bridgehead atoms. The van der Waals surface area contributed by atoms with Crippen LogP contribution in [-0.2, 0) is 6.18 Å². The van der Waals surface area contributed by atoms with Crippen molar-refractivity contribution in [1.29, 1.82) is 0 Å². The van der Waals surface area contributed by atoms with E-state index < -0.39 is 17.8 Å². The van der Waals surface area contributed by atoms with Gasteiger partial charge in [0.2, 0.25) is 0 Å². The molecule has 5 heteroatoms. The Balaban J connectivity index is 2.26. The maximum atomic E-state index is 13.7. The normalized spacial score (nSPS) is 13.0. The molecule has 0 amide bonds. The van der Waals surface area contributed by atoms with Crippen LogP contribution in [0.3, 0.4) is 0 Å². The molecular formula is C16H15F4N. The number of anilines is 1. The van der Waals surface area contributed by atoms with E-state index in [4.69, 9.17) is 0 Å². The molecular weight excluding hydrogens is 282 g/mol. The zero-order valence-electron chi connectivity index (χ0n) is 11.6. The van der Waals surface area contributed by atoms with Gasteiger partial charge in [0, 0.05) is 11.3 Å². The fraction of sp³-hybridized carbons (Fsp3) is 0.250. The molecule has 2 rings (SSSR count). The number of nitrogens with one attached hydrogen (secondary N) is 1. The third kappa shape index (κ3) is 3.54. The van der Waals surface area contributed by atoms with Gasteiger partial charge in [0.1, 0.15) is 5.82 Å². The first kappa shape index (κ1) is 15.4. The Morgan fingerprint density at radius 3 is 2.33 bits per heavy atom. The van der Waals surface area contributed by atoms with Crippen LogP contribution in [0.4, 0.5) is 23.2 Å². The van der Waals surface area contributed by atoms with Crippen LogP contribution in [-0.4, -0.2) is 0 Å². The molecule has 0 aromatic heterocycles. The molecule has 0 spiro atoms. The molecule has 0 aliphatic rings. The molecule has 2 aromatic carbocycles. The summed E-state index contributed by atoms with van der Waals surface area (Å²) >= 11 is 0. The molecule has 0 aliphatic carbocycles. The summed E-state index contributed by atoms with van der Waals surface area (Å²) in [5, 5.41) is 2.90. The average Bonchev–Trinajstić information content (AvgIpc) is 2.40. The van der Waals surface area contributed by atoms with E-state index in [1.165, 1.54) is 19.1 Å². The van der Waals surface area contributed by atoms with E-state index in [1.807, 2.05) is 0 Å². The lowest BCUT2D eigenvalue weighted by molar-refractivity contribution is -0.138. The monoisotopic (exact) mass is 297 g/mol. The lowest BCUT2D eigenvalue weighted by Crippen LogP contribution is -2.11. The molecule has 0 radical (unpaired) electrons. The fourth-order valence-corrected chi connectivity index (χ4v) is 2.17. The van der Waals surface area contributed by atoms with Gasteiger partial charge in [-0.05, 0) is 37.6 Å². The smallest absolute Gasteiger partial charge is 0.378 e. The summed E-state index contributed by atoms with van der Waals surface area (Å²) in [4.78, 5) is 0. The predicted octanol–water partition coefficient (Wildman–Crippen LogP) is 5.33. The van der Waals surface area contributed by atoms with E-state index in [2.05, 4.69) is 5.32 Å². The van der Waals surface area contributed by atoms with Crippen molar-refractivity contribution in [3.05, 3.63) is 65.0 Å². The van der Waals surface area contributed by atoms with Crippen molar-refractivity contribution in [3.63, 3.8) is 0 Å². The zero-order chi connectivity index (χ0) is 15.6. The third-order valence-corrected chi connectivity index (χ3v) is 3.30. The Morgan fingerprint density at radius 2 is 1.71 bits per heavy atom. The van der Waals surface area contributed by atoms with E-state index >= 15 is 0 Å². The van der Waals surface area contributed by atoms with Crippen LogP contribution in [0, 0.1) is 12.7 Å². The van der Waals surface area contributed by atoms with E-state index in [0.29, 0.717) is 11.3 Å². The highest BCUT2D eigenvalue weighted by Gasteiger charge is 2.32. The second kappa shape index (κ2) is 5.76. The SMILES string of the molecule is Cc1ccc(NC(C)c2ccccc2F)cc1C(F)(F)F. The van der Waals surface area contributed by atoms with Gasteiger partial charge in [-0.2, -0.15) is 13.2 Å². The Hall–Kier alpha value is -2.04. The molecule has 0 saturated heterocycles. The minimum absolute atomic E-state index is 0.159. The van der Waals surface area contributed by atoms with Crippen molar-refractivity contribution in [1.82, 2.24) is 0 Å². The van der Waals surface area contributed by atoms with Crippen molar-refractivity contribution >= 4 is 5.69 Å². The maximum Gasteiger partial charge on any atom is 0.416 e. The summed E-state index contributed by atoms with van der Waals surface area (Å²) in [5.41, 5.74) is 0.190. The number of halogens is 4. The first-order valence-corrected chi connectivity index (χ1v) is 6.48. The van der Waals surface area contributed by atoms with Gasteiger partial charge in [-0.15, -0.1) is 0 Å². The van der Waals surface area contributed by atoms with Gasteiger partial charge >= 0.3 is 6.18 Å². The third-order valence-electron chi connectivity index (χ3n) is 3.30. The molecule has 112 valence electrons. The first-order valence-electron chi connectivity index (χ1n) is 6.48. The van der Waals surface area contributed by atoms with E-state index in [-0.39, 0.29) is 11.4 Å². The van der Waals surface area contributed by atoms with Gasteiger partial charge in [0.25, 0.3) is 0 Å². The van der Waals surface area contributed by atoms with Crippen LogP contribution in [0.5, 0.6) is 0 Å². The summed E-state index contributed by atoms with van der Waals surface area (Å²) in [5.74, 6) is -0.388. The molecule has 1 atom stereocenters. The Morgan fingerprint density at radius 1 is 1.05 bits per heavy atom. The largest absolute Gasteiger partial charge is 0.416 e. The predicted molar refractivity (Wildman–Crippen MR) is 74.6 cm³/mol. The molecule has 0 fully saturated rings. The highest BCUT2D eigenvalue weighted by atomic mass is 19.4.